The van der Waals surface area contributed by atoms with E-state index in [4.69, 9.17) is 9.47 Å². The highest BCUT2D eigenvalue weighted by atomic mass is 16.5. The van der Waals surface area contributed by atoms with E-state index >= 15 is 0 Å². The first-order valence-corrected chi connectivity index (χ1v) is 6.42. The van der Waals surface area contributed by atoms with Crippen LogP contribution in [0.15, 0.2) is 18.2 Å². The molecule has 0 spiro atoms. The summed E-state index contributed by atoms with van der Waals surface area (Å²) in [5.74, 6) is 0.862. The van der Waals surface area contributed by atoms with Crippen LogP contribution in [0.4, 0.5) is 5.69 Å². The molecule has 4 nitrogen and oxygen atoms in total. The van der Waals surface area contributed by atoms with Crippen molar-refractivity contribution in [2.45, 2.75) is 25.9 Å². The van der Waals surface area contributed by atoms with Gasteiger partial charge in [-0.2, -0.15) is 0 Å². The van der Waals surface area contributed by atoms with E-state index in [0.717, 1.165) is 29.8 Å². The maximum Gasteiger partial charge on any atom is 0.256 e. The van der Waals surface area contributed by atoms with Crippen LogP contribution >= 0.6 is 0 Å². The Labute approximate surface area is 106 Å². The number of carbonyl (C=O) groups is 1. The SMILES string of the molecule is Cc1ccc2c(c1)N(C(=O)C1CCCO1)CCO2. The fourth-order valence-corrected chi connectivity index (χ4v) is 2.50. The minimum Gasteiger partial charge on any atom is -0.490 e. The average Bonchev–Trinajstić information content (AvgIpc) is 2.91. The van der Waals surface area contributed by atoms with Crippen LogP contribution in [-0.4, -0.2) is 31.8 Å². The van der Waals surface area contributed by atoms with Gasteiger partial charge in [-0.25, -0.2) is 0 Å². The second kappa shape index (κ2) is 4.61. The highest BCUT2D eigenvalue weighted by Crippen LogP contribution is 2.33. The normalized spacial score (nSPS) is 22.5. The molecule has 2 aliphatic heterocycles. The average molecular weight is 247 g/mol. The summed E-state index contributed by atoms with van der Waals surface area (Å²) in [6.45, 7) is 3.87. The fourth-order valence-electron chi connectivity index (χ4n) is 2.50. The van der Waals surface area contributed by atoms with Crippen molar-refractivity contribution in [2.24, 2.45) is 0 Å². The van der Waals surface area contributed by atoms with E-state index in [1.807, 2.05) is 30.0 Å². The second-order valence-electron chi connectivity index (χ2n) is 4.81. The van der Waals surface area contributed by atoms with Crippen molar-refractivity contribution in [3.63, 3.8) is 0 Å². The predicted octanol–water partition coefficient (Wildman–Crippen LogP) is 1.90. The maximum absolute atomic E-state index is 12.4. The van der Waals surface area contributed by atoms with Crippen molar-refractivity contribution in [3.05, 3.63) is 23.8 Å². The van der Waals surface area contributed by atoms with Gasteiger partial charge in [0.15, 0.2) is 0 Å². The second-order valence-corrected chi connectivity index (χ2v) is 4.81. The zero-order valence-corrected chi connectivity index (χ0v) is 10.5. The number of carbonyl (C=O) groups excluding carboxylic acids is 1. The van der Waals surface area contributed by atoms with Gasteiger partial charge >= 0.3 is 0 Å². The summed E-state index contributed by atoms with van der Waals surface area (Å²) in [5.41, 5.74) is 2.01. The van der Waals surface area contributed by atoms with Crippen molar-refractivity contribution in [3.8, 4) is 5.75 Å². The maximum atomic E-state index is 12.4. The number of benzene rings is 1. The largest absolute Gasteiger partial charge is 0.490 e. The molecule has 2 heterocycles. The quantitative estimate of drug-likeness (QED) is 0.760. The van der Waals surface area contributed by atoms with E-state index in [0.29, 0.717) is 19.8 Å². The van der Waals surface area contributed by atoms with Crippen LogP contribution in [0.5, 0.6) is 5.75 Å². The zero-order chi connectivity index (χ0) is 12.5. The molecule has 2 aliphatic rings. The number of ether oxygens (including phenoxy) is 2. The molecule has 18 heavy (non-hydrogen) atoms. The molecule has 4 heteroatoms. The van der Waals surface area contributed by atoms with Crippen molar-refractivity contribution in [1.29, 1.82) is 0 Å². The molecule has 1 amide bonds. The van der Waals surface area contributed by atoms with Crippen LogP contribution in [0.25, 0.3) is 0 Å². The summed E-state index contributed by atoms with van der Waals surface area (Å²) >= 11 is 0. The lowest BCUT2D eigenvalue weighted by Gasteiger charge is -2.31. The van der Waals surface area contributed by atoms with Crippen LogP contribution in [0.3, 0.4) is 0 Å². The summed E-state index contributed by atoms with van der Waals surface area (Å²) in [5, 5.41) is 0. The number of rotatable bonds is 1. The first-order valence-electron chi connectivity index (χ1n) is 6.42. The monoisotopic (exact) mass is 247 g/mol. The molecule has 1 aromatic carbocycles. The molecular formula is C14H17NO3. The van der Waals surface area contributed by atoms with Gasteiger partial charge in [-0.15, -0.1) is 0 Å². The molecule has 0 saturated carbocycles. The van der Waals surface area contributed by atoms with Crippen LogP contribution < -0.4 is 9.64 Å². The topological polar surface area (TPSA) is 38.8 Å². The third-order valence-electron chi connectivity index (χ3n) is 3.45. The lowest BCUT2D eigenvalue weighted by molar-refractivity contribution is -0.127. The minimum atomic E-state index is -0.267. The standard InChI is InChI=1S/C14H17NO3/c1-10-4-5-12-11(9-10)15(6-8-18-12)14(16)13-3-2-7-17-13/h4-5,9,13H,2-3,6-8H2,1H3. The molecule has 0 bridgehead atoms. The lowest BCUT2D eigenvalue weighted by atomic mass is 10.1. The van der Waals surface area contributed by atoms with Gasteiger partial charge in [0.1, 0.15) is 18.5 Å². The molecule has 1 unspecified atom stereocenters. The predicted molar refractivity (Wildman–Crippen MR) is 68.0 cm³/mol. The Kier molecular flexibility index (Phi) is 2.96. The van der Waals surface area contributed by atoms with E-state index in [-0.39, 0.29) is 12.0 Å². The van der Waals surface area contributed by atoms with Crippen molar-refractivity contribution in [1.82, 2.24) is 0 Å². The third-order valence-corrected chi connectivity index (χ3v) is 3.45. The molecular weight excluding hydrogens is 230 g/mol. The van der Waals surface area contributed by atoms with Crippen molar-refractivity contribution < 1.29 is 14.3 Å². The van der Waals surface area contributed by atoms with E-state index in [2.05, 4.69) is 0 Å². The Morgan fingerprint density at radius 3 is 3.06 bits per heavy atom. The molecule has 3 rings (SSSR count). The van der Waals surface area contributed by atoms with Gasteiger partial charge < -0.3 is 14.4 Å². The van der Waals surface area contributed by atoms with Gasteiger partial charge in [-0.3, -0.25) is 4.79 Å². The Morgan fingerprint density at radius 1 is 1.39 bits per heavy atom. The Balaban J connectivity index is 1.90. The number of amides is 1. The van der Waals surface area contributed by atoms with E-state index in [1.54, 1.807) is 0 Å². The van der Waals surface area contributed by atoms with Gasteiger partial charge in [0.25, 0.3) is 5.91 Å². The molecule has 96 valence electrons. The third kappa shape index (κ3) is 1.97. The minimum absolute atomic E-state index is 0.0719. The molecule has 1 atom stereocenters. The summed E-state index contributed by atoms with van der Waals surface area (Å²) < 4.78 is 11.1. The van der Waals surface area contributed by atoms with Crippen LogP contribution in [-0.2, 0) is 9.53 Å². The van der Waals surface area contributed by atoms with Crippen LogP contribution in [0.2, 0.25) is 0 Å². The van der Waals surface area contributed by atoms with E-state index < -0.39 is 0 Å². The van der Waals surface area contributed by atoms with Crippen molar-refractivity contribution in [2.75, 3.05) is 24.7 Å². The number of aryl methyl sites for hydroxylation is 1. The van der Waals surface area contributed by atoms with E-state index in [1.165, 1.54) is 0 Å². The molecule has 1 saturated heterocycles. The summed E-state index contributed by atoms with van der Waals surface area (Å²) in [7, 11) is 0. The smallest absolute Gasteiger partial charge is 0.256 e. The highest BCUT2D eigenvalue weighted by molar-refractivity contribution is 5.98. The van der Waals surface area contributed by atoms with Crippen LogP contribution in [0.1, 0.15) is 18.4 Å². The molecule has 1 aromatic rings. The fraction of sp³-hybridized carbons (Fsp3) is 0.500. The number of hydrogen-bond acceptors (Lipinski definition) is 3. The number of anilines is 1. The van der Waals surface area contributed by atoms with Gasteiger partial charge in [0.2, 0.25) is 0 Å². The van der Waals surface area contributed by atoms with Gasteiger partial charge in [-0.05, 0) is 37.5 Å². The molecule has 0 aliphatic carbocycles. The Morgan fingerprint density at radius 2 is 2.28 bits per heavy atom. The lowest BCUT2D eigenvalue weighted by Crippen LogP contribution is -2.43. The Hall–Kier alpha value is -1.55. The number of fused-ring (bicyclic) bond motifs is 1. The van der Waals surface area contributed by atoms with E-state index in [9.17, 15) is 4.79 Å². The molecule has 0 radical (unpaired) electrons. The summed E-state index contributed by atoms with van der Waals surface area (Å²) in [4.78, 5) is 14.2. The summed E-state index contributed by atoms with van der Waals surface area (Å²) in [6.07, 6.45) is 1.54. The van der Waals surface area contributed by atoms with Crippen molar-refractivity contribution >= 4 is 11.6 Å². The van der Waals surface area contributed by atoms with Gasteiger partial charge in [0.05, 0.1) is 12.2 Å². The van der Waals surface area contributed by atoms with Crippen LogP contribution in [0, 0.1) is 6.92 Å². The van der Waals surface area contributed by atoms with Gasteiger partial charge in [0, 0.05) is 6.61 Å². The Bertz CT molecular complexity index is 466. The first kappa shape index (κ1) is 11.5. The summed E-state index contributed by atoms with van der Waals surface area (Å²) in [6, 6.07) is 5.93. The van der Waals surface area contributed by atoms with Gasteiger partial charge in [-0.1, -0.05) is 6.07 Å². The highest BCUT2D eigenvalue weighted by Gasteiger charge is 2.32. The zero-order valence-electron chi connectivity index (χ0n) is 10.5. The first-order chi connectivity index (χ1) is 8.75. The molecule has 0 N–H and O–H groups in total. The molecule has 1 fully saturated rings. The molecule has 0 aromatic heterocycles. The number of hydrogen-bond donors (Lipinski definition) is 0. The number of nitrogens with zero attached hydrogens (tertiary/aromatic N) is 1.